The van der Waals surface area contributed by atoms with E-state index in [4.69, 9.17) is 10.2 Å². The number of hydrogen-bond acceptors (Lipinski definition) is 3. The summed E-state index contributed by atoms with van der Waals surface area (Å²) in [7, 11) is 0. The molecule has 0 aliphatic rings. The molecule has 0 heterocycles. The molecule has 0 aliphatic heterocycles. The van der Waals surface area contributed by atoms with Crippen molar-refractivity contribution < 1.29 is 19.8 Å². The fourth-order valence-corrected chi connectivity index (χ4v) is 0.930. The van der Waals surface area contributed by atoms with Gasteiger partial charge in [-0.15, -0.1) is 0 Å². The van der Waals surface area contributed by atoms with E-state index in [-0.39, 0.29) is 12.6 Å². The zero-order chi connectivity index (χ0) is 11.0. The van der Waals surface area contributed by atoms with Gasteiger partial charge < -0.3 is 15.5 Å². The molecule has 0 aromatic rings. The Kier molecular flexibility index (Phi) is 6.39. The minimum absolute atomic E-state index is 0.00142. The van der Waals surface area contributed by atoms with Crippen LogP contribution in [0.15, 0.2) is 12.2 Å². The van der Waals surface area contributed by atoms with Gasteiger partial charge >= 0.3 is 5.97 Å². The average molecular weight is 201 g/mol. The molecule has 1 unspecified atom stereocenters. The first-order valence-electron chi connectivity index (χ1n) is 4.42. The molecule has 0 fully saturated rings. The zero-order valence-corrected chi connectivity index (χ0v) is 8.06. The van der Waals surface area contributed by atoms with E-state index >= 15 is 0 Å². The Labute approximate surface area is 82.4 Å². The molecule has 5 heteroatoms. The molecule has 3 N–H and O–H groups in total. The van der Waals surface area contributed by atoms with Gasteiger partial charge in [0.15, 0.2) is 0 Å². The number of carbonyl (C=O) groups is 2. The molecule has 14 heavy (non-hydrogen) atoms. The Hall–Kier alpha value is -1.36. The largest absolute Gasteiger partial charge is 0.478 e. The van der Waals surface area contributed by atoms with E-state index in [1.54, 1.807) is 0 Å². The summed E-state index contributed by atoms with van der Waals surface area (Å²) in [5, 5.41) is 19.5. The molecule has 1 amide bonds. The highest BCUT2D eigenvalue weighted by atomic mass is 16.4. The predicted octanol–water partition coefficient (Wildman–Crippen LogP) is -0.0956. The second-order valence-corrected chi connectivity index (χ2v) is 2.80. The van der Waals surface area contributed by atoms with Crippen molar-refractivity contribution in [2.24, 2.45) is 0 Å². The van der Waals surface area contributed by atoms with Gasteiger partial charge in [0.1, 0.15) is 0 Å². The number of aliphatic hydroxyl groups excluding tert-OH is 1. The van der Waals surface area contributed by atoms with Crippen LogP contribution in [0.5, 0.6) is 0 Å². The fourth-order valence-electron chi connectivity index (χ4n) is 0.930. The third kappa shape index (κ3) is 6.19. The van der Waals surface area contributed by atoms with Crippen molar-refractivity contribution in [3.63, 3.8) is 0 Å². The number of carboxylic acids is 1. The lowest BCUT2D eigenvalue weighted by molar-refractivity contribution is -0.131. The number of carboxylic acid groups (broad SMARTS) is 1. The van der Waals surface area contributed by atoms with Gasteiger partial charge in [-0.3, -0.25) is 4.79 Å². The minimum atomic E-state index is -1.16. The Morgan fingerprint density at radius 2 is 2.07 bits per heavy atom. The Balaban J connectivity index is 3.96. The van der Waals surface area contributed by atoms with Gasteiger partial charge in [-0.1, -0.05) is 6.92 Å². The van der Waals surface area contributed by atoms with E-state index in [1.165, 1.54) is 0 Å². The third-order valence-corrected chi connectivity index (χ3v) is 1.69. The maximum absolute atomic E-state index is 11.0. The maximum atomic E-state index is 11.0. The second kappa shape index (κ2) is 7.08. The molecule has 0 aliphatic carbocycles. The van der Waals surface area contributed by atoms with E-state index in [9.17, 15) is 9.59 Å². The molecule has 5 nitrogen and oxygen atoms in total. The van der Waals surface area contributed by atoms with Gasteiger partial charge in [0.2, 0.25) is 5.91 Å². The average Bonchev–Trinajstić information content (AvgIpc) is 2.14. The lowest BCUT2D eigenvalue weighted by atomic mass is 10.1. The van der Waals surface area contributed by atoms with Crippen LogP contribution in [0.4, 0.5) is 0 Å². The van der Waals surface area contributed by atoms with E-state index in [0.29, 0.717) is 12.8 Å². The number of carbonyl (C=O) groups excluding carboxylic acids is 1. The molecule has 0 aromatic heterocycles. The summed E-state index contributed by atoms with van der Waals surface area (Å²) in [6, 6.07) is -0.106. The molecule has 0 aromatic carbocycles. The molecule has 0 rings (SSSR count). The highest BCUT2D eigenvalue weighted by Crippen LogP contribution is 1.96. The Morgan fingerprint density at radius 1 is 1.43 bits per heavy atom. The summed E-state index contributed by atoms with van der Waals surface area (Å²) < 4.78 is 0. The molecule has 0 bridgehead atoms. The van der Waals surface area contributed by atoms with Crippen LogP contribution < -0.4 is 5.32 Å². The highest BCUT2D eigenvalue weighted by Gasteiger charge is 2.07. The van der Waals surface area contributed by atoms with E-state index in [1.807, 2.05) is 6.92 Å². The Bertz CT molecular complexity index is 225. The number of aliphatic hydroxyl groups is 1. The number of nitrogens with one attached hydrogen (secondary N) is 1. The predicted molar refractivity (Wildman–Crippen MR) is 50.7 cm³/mol. The van der Waals surface area contributed by atoms with Gasteiger partial charge in [-0.2, -0.15) is 0 Å². The van der Waals surface area contributed by atoms with Crippen molar-refractivity contribution in [1.29, 1.82) is 0 Å². The summed E-state index contributed by atoms with van der Waals surface area (Å²) >= 11 is 0. The van der Waals surface area contributed by atoms with Crippen LogP contribution in [0, 0.1) is 0 Å². The summed E-state index contributed by atoms with van der Waals surface area (Å²) in [4.78, 5) is 21.1. The summed E-state index contributed by atoms with van der Waals surface area (Å²) in [5.41, 5.74) is 0. The van der Waals surface area contributed by atoms with Crippen LogP contribution >= 0.6 is 0 Å². The number of aliphatic carboxylic acids is 1. The SMILES string of the molecule is CCC(CCO)NC(=O)/C=C/C(=O)O. The van der Waals surface area contributed by atoms with Gasteiger partial charge in [0, 0.05) is 24.8 Å². The van der Waals surface area contributed by atoms with Crippen LogP contribution in [0.25, 0.3) is 0 Å². The smallest absolute Gasteiger partial charge is 0.328 e. The van der Waals surface area contributed by atoms with Crippen molar-refractivity contribution in [2.75, 3.05) is 6.61 Å². The molecular weight excluding hydrogens is 186 g/mol. The van der Waals surface area contributed by atoms with Crippen LogP contribution in [0.1, 0.15) is 19.8 Å². The van der Waals surface area contributed by atoms with Crippen LogP contribution in [-0.2, 0) is 9.59 Å². The minimum Gasteiger partial charge on any atom is -0.478 e. The van der Waals surface area contributed by atoms with Crippen LogP contribution in [0.2, 0.25) is 0 Å². The topological polar surface area (TPSA) is 86.6 Å². The normalized spacial score (nSPS) is 12.7. The van der Waals surface area contributed by atoms with E-state index in [2.05, 4.69) is 5.32 Å². The first kappa shape index (κ1) is 12.6. The molecule has 1 atom stereocenters. The quantitative estimate of drug-likeness (QED) is 0.524. The highest BCUT2D eigenvalue weighted by molar-refractivity contribution is 5.93. The Morgan fingerprint density at radius 3 is 2.50 bits per heavy atom. The van der Waals surface area contributed by atoms with Gasteiger partial charge in [-0.05, 0) is 12.8 Å². The number of amides is 1. The first-order valence-corrected chi connectivity index (χ1v) is 4.42. The lowest BCUT2D eigenvalue weighted by Gasteiger charge is -2.13. The second-order valence-electron chi connectivity index (χ2n) is 2.80. The van der Waals surface area contributed by atoms with Crippen molar-refractivity contribution in [2.45, 2.75) is 25.8 Å². The van der Waals surface area contributed by atoms with Gasteiger partial charge in [0.25, 0.3) is 0 Å². The van der Waals surface area contributed by atoms with Crippen molar-refractivity contribution >= 4 is 11.9 Å². The number of hydrogen-bond donors (Lipinski definition) is 3. The maximum Gasteiger partial charge on any atom is 0.328 e. The molecule has 0 saturated heterocycles. The van der Waals surface area contributed by atoms with E-state index in [0.717, 1.165) is 12.2 Å². The van der Waals surface area contributed by atoms with E-state index < -0.39 is 11.9 Å². The molecule has 0 saturated carbocycles. The number of rotatable bonds is 6. The first-order chi connectivity index (χ1) is 6.60. The monoisotopic (exact) mass is 201 g/mol. The van der Waals surface area contributed by atoms with Gasteiger partial charge in [0.05, 0.1) is 0 Å². The molecule has 80 valence electrons. The third-order valence-electron chi connectivity index (χ3n) is 1.69. The van der Waals surface area contributed by atoms with Crippen LogP contribution in [-0.4, -0.2) is 34.7 Å². The molecule has 0 spiro atoms. The van der Waals surface area contributed by atoms with Crippen molar-refractivity contribution in [3.8, 4) is 0 Å². The van der Waals surface area contributed by atoms with Crippen LogP contribution in [0.3, 0.4) is 0 Å². The summed E-state index contributed by atoms with van der Waals surface area (Å²) in [5.74, 6) is -1.61. The zero-order valence-electron chi connectivity index (χ0n) is 8.06. The molecular formula is C9H15NO4. The van der Waals surface area contributed by atoms with Gasteiger partial charge in [-0.25, -0.2) is 4.79 Å². The lowest BCUT2D eigenvalue weighted by Crippen LogP contribution is -2.33. The standard InChI is InChI=1S/C9H15NO4/c1-2-7(5-6-11)10-8(12)3-4-9(13)14/h3-4,7,11H,2,5-6H2,1H3,(H,10,12)(H,13,14)/b4-3+. The fraction of sp³-hybridized carbons (Fsp3) is 0.556. The summed E-state index contributed by atoms with van der Waals surface area (Å²) in [6.45, 7) is 1.88. The summed E-state index contributed by atoms with van der Waals surface area (Å²) in [6.07, 6.45) is 2.92. The molecule has 0 radical (unpaired) electrons. The van der Waals surface area contributed by atoms with Crippen molar-refractivity contribution in [3.05, 3.63) is 12.2 Å². The van der Waals surface area contributed by atoms with Crippen molar-refractivity contribution in [1.82, 2.24) is 5.32 Å².